The van der Waals surface area contributed by atoms with Crippen LogP contribution in [0.3, 0.4) is 0 Å². The van der Waals surface area contributed by atoms with Crippen molar-refractivity contribution in [2.24, 2.45) is 5.92 Å². The Hall–Kier alpha value is -1.76. The molecular weight excluding hydrogens is 302 g/mol. The zero-order chi connectivity index (χ0) is 15.4. The van der Waals surface area contributed by atoms with Crippen molar-refractivity contribution in [1.29, 1.82) is 0 Å². The van der Waals surface area contributed by atoms with Crippen LogP contribution >= 0.6 is 11.8 Å². The highest BCUT2D eigenvalue weighted by atomic mass is 32.2. The zero-order valence-electron chi connectivity index (χ0n) is 12.5. The topological polar surface area (TPSA) is 72.4 Å². The van der Waals surface area contributed by atoms with Crippen molar-refractivity contribution in [2.45, 2.75) is 25.5 Å². The molecule has 0 N–H and O–H groups in total. The van der Waals surface area contributed by atoms with E-state index in [9.17, 15) is 4.79 Å². The number of carbonyl (C=O) groups is 1. The summed E-state index contributed by atoms with van der Waals surface area (Å²) in [5.41, 5.74) is 0. The van der Waals surface area contributed by atoms with Crippen LogP contribution in [0.1, 0.15) is 25.7 Å². The van der Waals surface area contributed by atoms with Gasteiger partial charge in [-0.3, -0.25) is 4.79 Å². The van der Waals surface area contributed by atoms with Crippen molar-refractivity contribution in [3.63, 3.8) is 0 Å². The molecular formula is C15H19N3O3S. The van der Waals surface area contributed by atoms with Gasteiger partial charge < -0.3 is 13.8 Å². The number of nitrogens with zero attached hydrogens (tertiary/aromatic N) is 3. The number of amides is 1. The summed E-state index contributed by atoms with van der Waals surface area (Å²) in [4.78, 5) is 18.3. The molecule has 7 heteroatoms. The van der Waals surface area contributed by atoms with E-state index < -0.39 is 0 Å². The van der Waals surface area contributed by atoms with Crippen molar-refractivity contribution in [1.82, 2.24) is 15.0 Å². The molecule has 3 rings (SSSR count). The Kier molecular flexibility index (Phi) is 4.82. The second-order valence-electron chi connectivity index (χ2n) is 5.55. The minimum atomic E-state index is 0.197. The van der Waals surface area contributed by atoms with Crippen LogP contribution in [-0.2, 0) is 10.5 Å². The average Bonchev–Trinajstić information content (AvgIpc) is 3.19. The first-order chi connectivity index (χ1) is 10.7. The highest BCUT2D eigenvalue weighted by molar-refractivity contribution is 7.99. The van der Waals surface area contributed by atoms with Gasteiger partial charge in [0.15, 0.2) is 5.76 Å². The molecule has 3 heterocycles. The van der Waals surface area contributed by atoms with Crippen LogP contribution in [0.5, 0.6) is 0 Å². The Labute approximate surface area is 133 Å². The lowest BCUT2D eigenvalue weighted by atomic mass is 9.99. The van der Waals surface area contributed by atoms with Crippen LogP contribution in [0, 0.1) is 5.92 Å². The first-order valence-electron chi connectivity index (χ1n) is 7.44. The summed E-state index contributed by atoms with van der Waals surface area (Å²) >= 11 is 1.50. The average molecular weight is 321 g/mol. The number of thioether (sulfide) groups is 1. The fourth-order valence-corrected chi connectivity index (χ4v) is 3.15. The van der Waals surface area contributed by atoms with Gasteiger partial charge in [-0.15, -0.1) is 11.8 Å². The molecule has 1 amide bonds. The molecule has 6 nitrogen and oxygen atoms in total. The molecule has 0 saturated carbocycles. The second-order valence-corrected chi connectivity index (χ2v) is 6.53. The number of likely N-dealkylation sites (tertiary alicyclic amines) is 1. The summed E-state index contributed by atoms with van der Waals surface area (Å²) in [6, 6.07) is 3.56. The molecule has 0 bridgehead atoms. The molecule has 2 aromatic heterocycles. The number of hydrogen-bond acceptors (Lipinski definition) is 6. The molecule has 1 fully saturated rings. The largest absolute Gasteiger partial charge is 0.461 e. The van der Waals surface area contributed by atoms with Gasteiger partial charge in [0.2, 0.25) is 17.6 Å². The van der Waals surface area contributed by atoms with Crippen molar-refractivity contribution in [3.05, 3.63) is 24.3 Å². The van der Waals surface area contributed by atoms with Crippen molar-refractivity contribution >= 4 is 17.7 Å². The maximum absolute atomic E-state index is 12.1. The third-order valence-corrected chi connectivity index (χ3v) is 4.70. The maximum Gasteiger partial charge on any atom is 0.238 e. The van der Waals surface area contributed by atoms with E-state index in [0.29, 0.717) is 29.0 Å². The molecule has 1 aliphatic rings. The van der Waals surface area contributed by atoms with Gasteiger partial charge in [-0.25, -0.2) is 0 Å². The number of furan rings is 1. The molecule has 22 heavy (non-hydrogen) atoms. The number of aromatic nitrogens is 2. The Balaban J connectivity index is 1.44. The number of piperidine rings is 1. The van der Waals surface area contributed by atoms with E-state index in [-0.39, 0.29) is 5.91 Å². The van der Waals surface area contributed by atoms with E-state index in [0.717, 1.165) is 31.8 Å². The number of rotatable bonds is 5. The van der Waals surface area contributed by atoms with Gasteiger partial charge in [-0.1, -0.05) is 12.1 Å². The predicted octanol–water partition coefficient (Wildman–Crippen LogP) is 2.82. The van der Waals surface area contributed by atoms with Crippen LogP contribution in [-0.4, -0.2) is 39.8 Å². The highest BCUT2D eigenvalue weighted by Crippen LogP contribution is 2.20. The molecule has 118 valence electrons. The second kappa shape index (κ2) is 7.00. The molecule has 0 spiro atoms. The summed E-state index contributed by atoms with van der Waals surface area (Å²) in [6.45, 7) is 4.00. The third-order valence-electron chi connectivity index (χ3n) is 3.80. The zero-order valence-corrected chi connectivity index (χ0v) is 13.3. The lowest BCUT2D eigenvalue weighted by Crippen LogP contribution is -2.38. The summed E-state index contributed by atoms with van der Waals surface area (Å²) in [5.74, 6) is 3.45. The van der Waals surface area contributed by atoms with Crippen LogP contribution < -0.4 is 0 Å². The molecule has 1 aliphatic heterocycles. The number of carbonyl (C=O) groups excluding carboxylic acids is 1. The lowest BCUT2D eigenvalue weighted by Gasteiger charge is -2.30. The smallest absolute Gasteiger partial charge is 0.238 e. The van der Waals surface area contributed by atoms with E-state index in [1.165, 1.54) is 11.8 Å². The minimum Gasteiger partial charge on any atom is -0.461 e. The lowest BCUT2D eigenvalue weighted by molar-refractivity contribution is -0.129. The Morgan fingerprint density at radius 3 is 3.00 bits per heavy atom. The molecule has 0 radical (unpaired) electrons. The Morgan fingerprint density at radius 2 is 2.27 bits per heavy atom. The predicted molar refractivity (Wildman–Crippen MR) is 83.1 cm³/mol. The van der Waals surface area contributed by atoms with Gasteiger partial charge in [0.05, 0.1) is 17.8 Å². The van der Waals surface area contributed by atoms with Gasteiger partial charge in [0, 0.05) is 13.1 Å². The monoisotopic (exact) mass is 321 g/mol. The fraction of sp³-hybridized carbons (Fsp3) is 0.533. The molecule has 0 aromatic carbocycles. The third kappa shape index (κ3) is 3.71. The standard InChI is InChI=1S/C15H19N3O3S/c1-11-4-6-18(7-5-11)14(19)10-22-9-13-16-15(17-21-13)12-3-2-8-20-12/h2-3,8,11H,4-7,9-10H2,1H3. The maximum atomic E-state index is 12.1. The van der Waals surface area contributed by atoms with Crippen LogP contribution in [0.4, 0.5) is 0 Å². The van der Waals surface area contributed by atoms with Gasteiger partial charge in [0.1, 0.15) is 0 Å². The Morgan fingerprint density at radius 1 is 1.45 bits per heavy atom. The summed E-state index contributed by atoms with van der Waals surface area (Å²) in [7, 11) is 0. The molecule has 1 saturated heterocycles. The summed E-state index contributed by atoms with van der Waals surface area (Å²) in [6.07, 6.45) is 3.78. The van der Waals surface area contributed by atoms with Gasteiger partial charge in [-0.2, -0.15) is 4.98 Å². The highest BCUT2D eigenvalue weighted by Gasteiger charge is 2.20. The number of hydrogen-bond donors (Lipinski definition) is 0. The van der Waals surface area contributed by atoms with Crippen molar-refractivity contribution in [2.75, 3.05) is 18.8 Å². The van der Waals surface area contributed by atoms with E-state index in [1.807, 2.05) is 4.90 Å². The van der Waals surface area contributed by atoms with Crippen LogP contribution in [0.25, 0.3) is 11.6 Å². The summed E-state index contributed by atoms with van der Waals surface area (Å²) < 4.78 is 10.4. The molecule has 0 aliphatic carbocycles. The SMILES string of the molecule is CC1CCN(C(=O)CSCc2nc(-c3ccco3)no2)CC1. The van der Waals surface area contributed by atoms with Crippen molar-refractivity contribution in [3.8, 4) is 11.6 Å². The van der Waals surface area contributed by atoms with Crippen LogP contribution in [0.15, 0.2) is 27.3 Å². The normalized spacial score (nSPS) is 16.1. The Bertz CT molecular complexity index is 603. The van der Waals surface area contributed by atoms with Crippen LogP contribution in [0.2, 0.25) is 0 Å². The van der Waals surface area contributed by atoms with E-state index in [1.54, 1.807) is 18.4 Å². The van der Waals surface area contributed by atoms with Gasteiger partial charge in [0.25, 0.3) is 0 Å². The first-order valence-corrected chi connectivity index (χ1v) is 8.60. The van der Waals surface area contributed by atoms with E-state index in [2.05, 4.69) is 17.1 Å². The molecule has 0 unspecified atom stereocenters. The van der Waals surface area contributed by atoms with E-state index >= 15 is 0 Å². The van der Waals surface area contributed by atoms with Gasteiger partial charge >= 0.3 is 0 Å². The molecule has 0 atom stereocenters. The van der Waals surface area contributed by atoms with Crippen molar-refractivity contribution < 1.29 is 13.7 Å². The van der Waals surface area contributed by atoms with E-state index in [4.69, 9.17) is 8.94 Å². The fourth-order valence-electron chi connectivity index (χ4n) is 2.39. The first kappa shape index (κ1) is 15.1. The quantitative estimate of drug-likeness (QED) is 0.843. The minimum absolute atomic E-state index is 0.197. The van der Waals surface area contributed by atoms with Gasteiger partial charge in [-0.05, 0) is 30.9 Å². The molecule has 2 aromatic rings. The summed E-state index contributed by atoms with van der Waals surface area (Å²) in [5, 5.41) is 3.87.